The predicted octanol–water partition coefficient (Wildman–Crippen LogP) is 11.3. The van der Waals surface area contributed by atoms with Crippen LogP contribution in [0, 0.1) is 20.2 Å². The molecule has 0 amide bonds. The topological polar surface area (TPSA) is 99.4 Å². The molecule has 0 saturated heterocycles. The van der Waals surface area contributed by atoms with Crippen LogP contribution in [-0.4, -0.2) is 9.85 Å². The molecule has 0 aliphatic rings. The van der Waals surface area contributed by atoms with Gasteiger partial charge >= 0.3 is 0 Å². The van der Waals surface area contributed by atoms with Gasteiger partial charge in [-0.25, -0.2) is 0 Å². The molecular formula is C40H22N2O5. The zero-order valence-corrected chi connectivity index (χ0v) is 24.6. The van der Waals surface area contributed by atoms with Crippen LogP contribution in [0.15, 0.2) is 138 Å². The van der Waals surface area contributed by atoms with E-state index in [1.54, 1.807) is 12.1 Å². The SMILES string of the molecule is O=[N+]([O-])c1c2ccccc2c(-c2ccc3c(c2)oc2ccc(-c4c5ccccc5c([N+](=O)[O-])c5ccccc45)cc23)c2ccccc12. The summed E-state index contributed by atoms with van der Waals surface area (Å²) in [5, 5.41) is 31.9. The third-order valence-electron chi connectivity index (χ3n) is 9.22. The van der Waals surface area contributed by atoms with E-state index in [9.17, 15) is 20.2 Å². The molecule has 0 fully saturated rings. The predicted molar refractivity (Wildman–Crippen MR) is 188 cm³/mol. The lowest BCUT2D eigenvalue weighted by Gasteiger charge is -2.13. The highest BCUT2D eigenvalue weighted by atomic mass is 16.6. The molecule has 0 aliphatic heterocycles. The van der Waals surface area contributed by atoms with Crippen molar-refractivity contribution in [3.8, 4) is 22.3 Å². The number of nitro groups is 2. The van der Waals surface area contributed by atoms with Crippen LogP contribution in [0.1, 0.15) is 0 Å². The van der Waals surface area contributed by atoms with E-state index in [4.69, 9.17) is 4.42 Å². The van der Waals surface area contributed by atoms with Crippen molar-refractivity contribution >= 4 is 76.4 Å². The van der Waals surface area contributed by atoms with Crippen LogP contribution < -0.4 is 0 Å². The average molecular weight is 611 g/mol. The van der Waals surface area contributed by atoms with Crippen LogP contribution >= 0.6 is 0 Å². The van der Waals surface area contributed by atoms with Crippen molar-refractivity contribution < 1.29 is 14.3 Å². The number of rotatable bonds is 4. The van der Waals surface area contributed by atoms with Crippen molar-refractivity contribution in [1.29, 1.82) is 0 Å². The van der Waals surface area contributed by atoms with Gasteiger partial charge in [0.1, 0.15) is 11.2 Å². The Labute approximate surface area is 266 Å². The maximum atomic E-state index is 12.2. The lowest BCUT2D eigenvalue weighted by Crippen LogP contribution is -1.94. The molecule has 0 bridgehead atoms. The molecule has 0 saturated carbocycles. The van der Waals surface area contributed by atoms with Gasteiger partial charge in [0.2, 0.25) is 0 Å². The number of hydrogen-bond donors (Lipinski definition) is 0. The zero-order chi connectivity index (χ0) is 31.8. The second-order valence-corrected chi connectivity index (χ2v) is 11.7. The second-order valence-electron chi connectivity index (χ2n) is 11.7. The Morgan fingerprint density at radius 3 is 1.19 bits per heavy atom. The first-order valence-corrected chi connectivity index (χ1v) is 15.1. The summed E-state index contributed by atoms with van der Waals surface area (Å²) in [5.74, 6) is 0. The molecule has 8 aromatic carbocycles. The van der Waals surface area contributed by atoms with Crippen LogP contribution in [0.5, 0.6) is 0 Å². The van der Waals surface area contributed by atoms with Gasteiger partial charge in [0.05, 0.1) is 31.4 Å². The molecule has 0 N–H and O–H groups in total. The number of furan rings is 1. The minimum Gasteiger partial charge on any atom is -0.456 e. The fourth-order valence-corrected chi connectivity index (χ4v) is 7.31. The number of fused-ring (bicyclic) bond motifs is 7. The summed E-state index contributed by atoms with van der Waals surface area (Å²) in [6, 6.07) is 42.0. The summed E-state index contributed by atoms with van der Waals surface area (Å²) in [6.07, 6.45) is 0. The van der Waals surface area contributed by atoms with E-state index in [0.717, 1.165) is 60.2 Å². The van der Waals surface area contributed by atoms with E-state index in [1.807, 2.05) is 115 Å². The van der Waals surface area contributed by atoms with Crippen LogP contribution in [-0.2, 0) is 0 Å². The lowest BCUT2D eigenvalue weighted by molar-refractivity contribution is -0.381. The number of non-ortho nitro benzene ring substituents is 2. The summed E-state index contributed by atoms with van der Waals surface area (Å²) in [5.41, 5.74) is 5.28. The number of nitrogens with zero attached hydrogens (tertiary/aromatic N) is 2. The van der Waals surface area contributed by atoms with E-state index < -0.39 is 0 Å². The summed E-state index contributed by atoms with van der Waals surface area (Å²) in [4.78, 5) is 23.9. The van der Waals surface area contributed by atoms with Gasteiger partial charge in [-0.05, 0) is 92.3 Å². The number of benzene rings is 8. The first kappa shape index (κ1) is 26.8. The van der Waals surface area contributed by atoms with Gasteiger partial charge in [-0.3, -0.25) is 20.2 Å². The first-order valence-electron chi connectivity index (χ1n) is 15.1. The molecule has 47 heavy (non-hydrogen) atoms. The highest BCUT2D eigenvalue weighted by molar-refractivity contribution is 6.21. The average Bonchev–Trinajstić information content (AvgIpc) is 3.46. The molecule has 0 atom stereocenters. The van der Waals surface area contributed by atoms with Gasteiger partial charge in [0.25, 0.3) is 11.4 Å². The van der Waals surface area contributed by atoms with Gasteiger partial charge in [-0.2, -0.15) is 0 Å². The fraction of sp³-hybridized carbons (Fsp3) is 0. The first-order chi connectivity index (χ1) is 23.0. The molecule has 222 valence electrons. The van der Waals surface area contributed by atoms with Crippen molar-refractivity contribution in [2.45, 2.75) is 0 Å². The molecule has 7 heteroatoms. The maximum Gasteiger partial charge on any atom is 0.284 e. The van der Waals surface area contributed by atoms with Crippen molar-refractivity contribution in [2.24, 2.45) is 0 Å². The fourth-order valence-electron chi connectivity index (χ4n) is 7.31. The Bertz CT molecular complexity index is 2700. The van der Waals surface area contributed by atoms with Crippen molar-refractivity contribution in [2.75, 3.05) is 0 Å². The second kappa shape index (κ2) is 9.95. The largest absolute Gasteiger partial charge is 0.456 e. The Balaban J connectivity index is 1.29. The molecule has 0 aliphatic carbocycles. The highest BCUT2D eigenvalue weighted by Gasteiger charge is 2.24. The maximum absolute atomic E-state index is 12.2. The van der Waals surface area contributed by atoms with Gasteiger partial charge in [-0.1, -0.05) is 84.9 Å². The molecule has 0 radical (unpaired) electrons. The van der Waals surface area contributed by atoms with E-state index in [0.29, 0.717) is 27.1 Å². The standard InChI is InChI=1S/C40H22N2O5/c43-41(44)39-30-13-5-1-9-26(30)37(27-10-2-6-14-31(27)39)23-18-20-35-34(21-23)25-19-17-24(22-36(25)47-35)38-28-11-3-7-15-32(28)40(42(45)46)33-16-8-4-12-29(33)38/h1-22H. The third-order valence-corrected chi connectivity index (χ3v) is 9.22. The summed E-state index contributed by atoms with van der Waals surface area (Å²) in [7, 11) is 0. The van der Waals surface area contributed by atoms with Crippen LogP contribution in [0.3, 0.4) is 0 Å². The Kier molecular flexibility index (Phi) is 5.67. The van der Waals surface area contributed by atoms with Crippen molar-refractivity contribution in [1.82, 2.24) is 0 Å². The monoisotopic (exact) mass is 610 g/mol. The summed E-state index contributed by atoms with van der Waals surface area (Å²) < 4.78 is 6.42. The minimum atomic E-state index is -0.300. The van der Waals surface area contributed by atoms with Gasteiger partial charge in [0.15, 0.2) is 0 Å². The molecular weight excluding hydrogens is 588 g/mol. The molecule has 0 unspecified atom stereocenters. The molecule has 9 aromatic rings. The third kappa shape index (κ3) is 3.87. The van der Waals surface area contributed by atoms with Crippen molar-refractivity contribution in [3.05, 3.63) is 154 Å². The van der Waals surface area contributed by atoms with Gasteiger partial charge in [0, 0.05) is 10.8 Å². The lowest BCUT2D eigenvalue weighted by atomic mass is 9.89. The van der Waals surface area contributed by atoms with E-state index >= 15 is 0 Å². The van der Waals surface area contributed by atoms with Crippen LogP contribution in [0.4, 0.5) is 11.4 Å². The van der Waals surface area contributed by atoms with Crippen LogP contribution in [0.25, 0.3) is 87.3 Å². The van der Waals surface area contributed by atoms with E-state index in [2.05, 4.69) is 6.07 Å². The Hall–Kier alpha value is -6.60. The Morgan fingerprint density at radius 1 is 0.383 bits per heavy atom. The van der Waals surface area contributed by atoms with Gasteiger partial charge in [-0.15, -0.1) is 0 Å². The van der Waals surface area contributed by atoms with E-state index in [-0.39, 0.29) is 21.2 Å². The zero-order valence-electron chi connectivity index (χ0n) is 24.6. The number of nitro benzene ring substituents is 2. The summed E-state index contributed by atoms with van der Waals surface area (Å²) in [6.45, 7) is 0. The van der Waals surface area contributed by atoms with Crippen LogP contribution in [0.2, 0.25) is 0 Å². The Morgan fingerprint density at radius 2 is 0.766 bits per heavy atom. The van der Waals surface area contributed by atoms with E-state index in [1.165, 1.54) is 0 Å². The van der Waals surface area contributed by atoms with Crippen molar-refractivity contribution in [3.63, 3.8) is 0 Å². The molecule has 1 aromatic heterocycles. The molecule has 9 rings (SSSR count). The molecule has 0 spiro atoms. The highest BCUT2D eigenvalue weighted by Crippen LogP contribution is 2.46. The van der Waals surface area contributed by atoms with Gasteiger partial charge < -0.3 is 4.42 Å². The molecule has 1 heterocycles. The normalized spacial score (nSPS) is 11.7. The quantitative estimate of drug-likeness (QED) is 0.112. The smallest absolute Gasteiger partial charge is 0.284 e. The molecule has 7 nitrogen and oxygen atoms in total. The summed E-state index contributed by atoms with van der Waals surface area (Å²) >= 11 is 0. The number of hydrogen-bond acceptors (Lipinski definition) is 5. The minimum absolute atomic E-state index is 0.101.